The smallest absolute Gasteiger partial charge is 0.419 e. The maximum Gasteiger partial charge on any atom is 0.419 e. The Balaban J connectivity index is 2.13. The summed E-state index contributed by atoms with van der Waals surface area (Å²) in [5.74, 6) is -1.95. The van der Waals surface area contributed by atoms with Crippen LogP contribution >= 0.6 is 0 Å². The molecular formula is C14H15F4NO2. The van der Waals surface area contributed by atoms with Crippen molar-refractivity contribution in [3.63, 3.8) is 0 Å². The van der Waals surface area contributed by atoms with Gasteiger partial charge in [-0.3, -0.25) is 9.69 Å². The zero-order valence-corrected chi connectivity index (χ0v) is 11.2. The highest BCUT2D eigenvalue weighted by molar-refractivity contribution is 5.69. The van der Waals surface area contributed by atoms with Crippen molar-refractivity contribution < 1.29 is 27.5 Å². The van der Waals surface area contributed by atoms with Crippen molar-refractivity contribution in [1.29, 1.82) is 0 Å². The lowest BCUT2D eigenvalue weighted by molar-refractivity contribution is -0.140. The van der Waals surface area contributed by atoms with Gasteiger partial charge in [0.2, 0.25) is 0 Å². The highest BCUT2D eigenvalue weighted by atomic mass is 19.4. The molecule has 0 bridgehead atoms. The van der Waals surface area contributed by atoms with E-state index in [2.05, 4.69) is 0 Å². The number of rotatable bonds is 6. The van der Waals surface area contributed by atoms with E-state index in [0.29, 0.717) is 12.5 Å². The average Bonchev–Trinajstić information content (AvgIpc) is 3.13. The van der Waals surface area contributed by atoms with Crippen molar-refractivity contribution >= 4 is 5.97 Å². The molecule has 1 saturated carbocycles. The number of nitrogens with zero attached hydrogens (tertiary/aromatic N) is 1. The second-order valence-electron chi connectivity index (χ2n) is 5.32. The van der Waals surface area contributed by atoms with Crippen LogP contribution in [0.15, 0.2) is 18.2 Å². The summed E-state index contributed by atoms with van der Waals surface area (Å²) in [5, 5.41) is 8.84. The van der Waals surface area contributed by atoms with Gasteiger partial charge in [-0.25, -0.2) is 4.39 Å². The normalized spacial score (nSPS) is 15.5. The topological polar surface area (TPSA) is 40.5 Å². The third-order valence-electron chi connectivity index (χ3n) is 3.31. The van der Waals surface area contributed by atoms with Crippen LogP contribution in [0.2, 0.25) is 0 Å². The van der Waals surface area contributed by atoms with E-state index in [1.807, 2.05) is 0 Å². The molecule has 1 fully saturated rings. The standard InChI is InChI=1S/C14H15F4NO2/c15-12-4-3-10(5-11(12)14(16,17)18)7-19(8-13(20)21)6-9-1-2-9/h3-5,9H,1-2,6-8H2,(H,20,21). The van der Waals surface area contributed by atoms with Gasteiger partial charge < -0.3 is 5.11 Å². The van der Waals surface area contributed by atoms with Gasteiger partial charge in [0.05, 0.1) is 12.1 Å². The molecule has 3 nitrogen and oxygen atoms in total. The fraction of sp³-hybridized carbons (Fsp3) is 0.500. The van der Waals surface area contributed by atoms with Gasteiger partial charge in [0.1, 0.15) is 5.82 Å². The summed E-state index contributed by atoms with van der Waals surface area (Å²) in [6.45, 7) is 0.354. The SMILES string of the molecule is O=C(O)CN(Cc1ccc(F)c(C(F)(F)F)c1)CC1CC1. The van der Waals surface area contributed by atoms with Crippen molar-refractivity contribution in [3.05, 3.63) is 35.1 Å². The van der Waals surface area contributed by atoms with E-state index in [9.17, 15) is 22.4 Å². The number of benzene rings is 1. The first kappa shape index (κ1) is 15.8. The molecule has 0 radical (unpaired) electrons. The molecule has 1 aliphatic carbocycles. The predicted molar refractivity (Wildman–Crippen MR) is 67.0 cm³/mol. The van der Waals surface area contributed by atoms with E-state index in [0.717, 1.165) is 25.0 Å². The zero-order chi connectivity index (χ0) is 15.6. The van der Waals surface area contributed by atoms with Crippen LogP contribution in [0.3, 0.4) is 0 Å². The first-order valence-corrected chi connectivity index (χ1v) is 6.55. The molecule has 21 heavy (non-hydrogen) atoms. The third-order valence-corrected chi connectivity index (χ3v) is 3.31. The van der Waals surface area contributed by atoms with Crippen LogP contribution in [0.25, 0.3) is 0 Å². The van der Waals surface area contributed by atoms with Gasteiger partial charge in [-0.1, -0.05) is 6.07 Å². The lowest BCUT2D eigenvalue weighted by atomic mass is 10.1. The molecular weight excluding hydrogens is 290 g/mol. The van der Waals surface area contributed by atoms with E-state index in [1.165, 1.54) is 6.07 Å². The van der Waals surface area contributed by atoms with Crippen molar-refractivity contribution in [2.45, 2.75) is 25.6 Å². The molecule has 0 amide bonds. The maximum absolute atomic E-state index is 13.2. The highest BCUT2D eigenvalue weighted by Crippen LogP contribution is 2.33. The third kappa shape index (κ3) is 4.70. The van der Waals surface area contributed by atoms with Gasteiger partial charge in [0, 0.05) is 13.1 Å². The second kappa shape index (κ2) is 6.01. The van der Waals surface area contributed by atoms with Gasteiger partial charge in [-0.15, -0.1) is 0 Å². The Bertz CT molecular complexity index is 526. The predicted octanol–water partition coefficient (Wildman–Crippen LogP) is 3.14. The van der Waals surface area contributed by atoms with E-state index >= 15 is 0 Å². The Kier molecular flexibility index (Phi) is 4.51. The molecule has 0 aliphatic heterocycles. The van der Waals surface area contributed by atoms with Crippen LogP contribution in [0.5, 0.6) is 0 Å². The lowest BCUT2D eigenvalue weighted by Gasteiger charge is -2.20. The van der Waals surface area contributed by atoms with E-state index in [4.69, 9.17) is 5.11 Å². The largest absolute Gasteiger partial charge is 0.480 e. The molecule has 0 heterocycles. The number of hydrogen-bond acceptors (Lipinski definition) is 2. The Hall–Kier alpha value is -1.63. The average molecular weight is 305 g/mol. The van der Waals surface area contributed by atoms with Crippen LogP contribution in [-0.4, -0.2) is 29.1 Å². The molecule has 0 unspecified atom stereocenters. The number of aliphatic carboxylic acids is 1. The number of halogens is 4. The van der Waals surface area contributed by atoms with E-state index < -0.39 is 23.5 Å². The molecule has 0 atom stereocenters. The van der Waals surface area contributed by atoms with Gasteiger partial charge in [0.15, 0.2) is 0 Å². The van der Waals surface area contributed by atoms with Crippen LogP contribution in [0, 0.1) is 11.7 Å². The fourth-order valence-corrected chi connectivity index (χ4v) is 2.19. The maximum atomic E-state index is 13.2. The summed E-state index contributed by atoms with van der Waals surface area (Å²) in [6, 6.07) is 2.78. The summed E-state index contributed by atoms with van der Waals surface area (Å²) in [4.78, 5) is 12.4. The molecule has 1 aromatic rings. The van der Waals surface area contributed by atoms with Crippen molar-refractivity contribution in [3.8, 4) is 0 Å². The fourth-order valence-electron chi connectivity index (χ4n) is 2.19. The number of carboxylic acids is 1. The molecule has 0 saturated heterocycles. The Morgan fingerprint density at radius 3 is 2.52 bits per heavy atom. The van der Waals surface area contributed by atoms with Crippen molar-refractivity contribution in [2.75, 3.05) is 13.1 Å². The summed E-state index contributed by atoms with van der Waals surface area (Å²) >= 11 is 0. The van der Waals surface area contributed by atoms with Crippen LogP contribution < -0.4 is 0 Å². The molecule has 116 valence electrons. The minimum absolute atomic E-state index is 0.0617. The van der Waals surface area contributed by atoms with Crippen LogP contribution in [0.1, 0.15) is 24.0 Å². The summed E-state index contributed by atoms with van der Waals surface area (Å²) in [7, 11) is 0. The molecule has 1 aliphatic rings. The summed E-state index contributed by atoms with van der Waals surface area (Å²) in [6.07, 6.45) is -2.74. The quantitative estimate of drug-likeness (QED) is 0.821. The second-order valence-corrected chi connectivity index (χ2v) is 5.32. The van der Waals surface area contributed by atoms with Gasteiger partial charge in [0.25, 0.3) is 0 Å². The molecule has 1 aromatic carbocycles. The minimum atomic E-state index is -4.76. The van der Waals surface area contributed by atoms with Gasteiger partial charge in [-0.05, 0) is 36.5 Å². The molecule has 1 N–H and O–H groups in total. The monoisotopic (exact) mass is 305 g/mol. The van der Waals surface area contributed by atoms with Gasteiger partial charge in [-0.2, -0.15) is 13.2 Å². The molecule has 2 rings (SSSR count). The van der Waals surface area contributed by atoms with Crippen molar-refractivity contribution in [1.82, 2.24) is 4.90 Å². The Morgan fingerprint density at radius 1 is 1.33 bits per heavy atom. The number of carbonyl (C=O) groups is 1. The van der Waals surface area contributed by atoms with Crippen LogP contribution in [-0.2, 0) is 17.5 Å². The molecule has 0 aromatic heterocycles. The lowest BCUT2D eigenvalue weighted by Crippen LogP contribution is -2.31. The minimum Gasteiger partial charge on any atom is -0.480 e. The summed E-state index contributed by atoms with van der Waals surface area (Å²) < 4.78 is 51.2. The highest BCUT2D eigenvalue weighted by Gasteiger charge is 2.34. The van der Waals surface area contributed by atoms with Crippen LogP contribution in [0.4, 0.5) is 17.6 Å². The molecule has 0 spiro atoms. The first-order chi connectivity index (χ1) is 9.75. The number of hydrogen-bond donors (Lipinski definition) is 1. The van der Waals surface area contributed by atoms with Gasteiger partial charge >= 0.3 is 12.1 Å². The van der Waals surface area contributed by atoms with E-state index in [-0.39, 0.29) is 18.7 Å². The zero-order valence-electron chi connectivity index (χ0n) is 11.2. The number of alkyl halides is 3. The number of carboxylic acid groups (broad SMARTS) is 1. The summed E-state index contributed by atoms with van der Waals surface area (Å²) in [5.41, 5.74) is -1.06. The Labute approximate surface area is 119 Å². The molecule has 7 heteroatoms. The first-order valence-electron chi connectivity index (χ1n) is 6.55. The van der Waals surface area contributed by atoms with E-state index in [1.54, 1.807) is 4.90 Å². The Morgan fingerprint density at radius 2 is 2.00 bits per heavy atom. The van der Waals surface area contributed by atoms with Crippen molar-refractivity contribution in [2.24, 2.45) is 5.92 Å².